The number of rotatable bonds is 6. The fraction of sp³-hybridized carbons (Fsp3) is 0.455. The molecule has 1 unspecified atom stereocenters. The molecule has 0 bridgehead atoms. The minimum Gasteiger partial charge on any atom is -0.354 e. The SMILES string of the molecule is COC(OC)C(Cc1ccc(Cl)c(F)c1)NN. The van der Waals surface area contributed by atoms with Crippen molar-refractivity contribution in [1.29, 1.82) is 0 Å². The Morgan fingerprint density at radius 2 is 2.06 bits per heavy atom. The summed E-state index contributed by atoms with van der Waals surface area (Å²) in [4.78, 5) is 0. The zero-order valence-corrected chi connectivity index (χ0v) is 10.5. The molecule has 1 atom stereocenters. The molecule has 0 fully saturated rings. The van der Waals surface area contributed by atoms with Gasteiger partial charge in [0.25, 0.3) is 0 Å². The summed E-state index contributed by atoms with van der Waals surface area (Å²) >= 11 is 5.60. The van der Waals surface area contributed by atoms with E-state index in [1.807, 2.05) is 0 Å². The number of hydrazine groups is 1. The van der Waals surface area contributed by atoms with Crippen LogP contribution in [-0.4, -0.2) is 26.6 Å². The molecule has 0 aromatic heterocycles. The van der Waals surface area contributed by atoms with Crippen LogP contribution in [0, 0.1) is 5.82 Å². The third-order valence-corrected chi connectivity index (χ3v) is 2.75. The normalized spacial score (nSPS) is 13.1. The van der Waals surface area contributed by atoms with Gasteiger partial charge in [0.2, 0.25) is 0 Å². The van der Waals surface area contributed by atoms with Crippen molar-refractivity contribution in [3.8, 4) is 0 Å². The highest BCUT2D eigenvalue weighted by Gasteiger charge is 2.20. The first-order valence-electron chi connectivity index (χ1n) is 5.08. The van der Waals surface area contributed by atoms with Crippen LogP contribution in [0.1, 0.15) is 5.56 Å². The van der Waals surface area contributed by atoms with Crippen molar-refractivity contribution in [2.75, 3.05) is 14.2 Å². The fourth-order valence-electron chi connectivity index (χ4n) is 1.58. The van der Waals surface area contributed by atoms with Gasteiger partial charge in [-0.25, -0.2) is 4.39 Å². The summed E-state index contributed by atoms with van der Waals surface area (Å²) in [5.74, 6) is 4.96. The molecule has 0 spiro atoms. The zero-order chi connectivity index (χ0) is 12.8. The predicted molar refractivity (Wildman–Crippen MR) is 64.0 cm³/mol. The topological polar surface area (TPSA) is 56.5 Å². The van der Waals surface area contributed by atoms with Gasteiger partial charge in [-0.1, -0.05) is 17.7 Å². The van der Waals surface area contributed by atoms with Gasteiger partial charge in [0, 0.05) is 14.2 Å². The lowest BCUT2D eigenvalue weighted by Gasteiger charge is -2.24. The summed E-state index contributed by atoms with van der Waals surface area (Å²) in [5, 5.41) is 0.0982. The molecule has 0 aliphatic rings. The Bertz CT molecular complexity index is 361. The monoisotopic (exact) mass is 262 g/mol. The molecular weight excluding hydrogens is 247 g/mol. The average molecular weight is 263 g/mol. The molecule has 0 saturated carbocycles. The summed E-state index contributed by atoms with van der Waals surface area (Å²) in [7, 11) is 3.03. The van der Waals surface area contributed by atoms with Gasteiger partial charge in [-0.05, 0) is 24.1 Å². The molecule has 0 aliphatic heterocycles. The number of nitrogens with two attached hydrogens (primary N) is 1. The highest BCUT2D eigenvalue weighted by molar-refractivity contribution is 6.30. The van der Waals surface area contributed by atoms with E-state index in [1.165, 1.54) is 26.4 Å². The van der Waals surface area contributed by atoms with E-state index in [9.17, 15) is 4.39 Å². The van der Waals surface area contributed by atoms with Crippen molar-refractivity contribution < 1.29 is 13.9 Å². The quantitative estimate of drug-likeness (QED) is 0.463. The highest BCUT2D eigenvalue weighted by Crippen LogP contribution is 2.17. The van der Waals surface area contributed by atoms with E-state index in [4.69, 9.17) is 26.9 Å². The van der Waals surface area contributed by atoms with E-state index >= 15 is 0 Å². The van der Waals surface area contributed by atoms with E-state index in [0.717, 1.165) is 5.56 Å². The van der Waals surface area contributed by atoms with Crippen molar-refractivity contribution in [2.45, 2.75) is 18.8 Å². The number of hydrogen-bond donors (Lipinski definition) is 2. The number of benzene rings is 1. The average Bonchev–Trinajstić information content (AvgIpc) is 2.33. The van der Waals surface area contributed by atoms with Crippen LogP contribution in [0.15, 0.2) is 18.2 Å². The number of hydrogen-bond acceptors (Lipinski definition) is 4. The Morgan fingerprint density at radius 3 is 2.53 bits per heavy atom. The van der Waals surface area contributed by atoms with Crippen molar-refractivity contribution in [1.82, 2.24) is 5.43 Å². The highest BCUT2D eigenvalue weighted by atomic mass is 35.5. The Balaban J connectivity index is 2.76. The third kappa shape index (κ3) is 3.90. The second-order valence-electron chi connectivity index (χ2n) is 3.57. The van der Waals surface area contributed by atoms with Gasteiger partial charge in [-0.15, -0.1) is 0 Å². The van der Waals surface area contributed by atoms with Gasteiger partial charge < -0.3 is 9.47 Å². The predicted octanol–water partition coefficient (Wildman–Crippen LogP) is 1.47. The lowest BCUT2D eigenvalue weighted by molar-refractivity contribution is -0.122. The maximum atomic E-state index is 13.3. The van der Waals surface area contributed by atoms with Crippen LogP contribution in [0.5, 0.6) is 0 Å². The van der Waals surface area contributed by atoms with Crippen LogP contribution in [0.4, 0.5) is 4.39 Å². The van der Waals surface area contributed by atoms with Gasteiger partial charge in [-0.3, -0.25) is 11.3 Å². The second kappa shape index (κ2) is 6.88. The molecule has 6 heteroatoms. The molecule has 0 amide bonds. The summed E-state index contributed by atoms with van der Waals surface area (Å²) in [6.45, 7) is 0. The van der Waals surface area contributed by atoms with Crippen LogP contribution in [0.25, 0.3) is 0 Å². The number of ether oxygens (including phenoxy) is 2. The Kier molecular flexibility index (Phi) is 5.80. The van der Waals surface area contributed by atoms with Crippen LogP contribution < -0.4 is 11.3 Å². The first-order chi connectivity index (χ1) is 8.12. The number of methoxy groups -OCH3 is 2. The van der Waals surface area contributed by atoms with Gasteiger partial charge in [0.05, 0.1) is 11.1 Å². The van der Waals surface area contributed by atoms with E-state index in [1.54, 1.807) is 6.07 Å². The van der Waals surface area contributed by atoms with E-state index < -0.39 is 12.1 Å². The first-order valence-corrected chi connectivity index (χ1v) is 5.45. The van der Waals surface area contributed by atoms with Crippen LogP contribution in [0.2, 0.25) is 5.02 Å². The Labute approximate surface area is 105 Å². The maximum Gasteiger partial charge on any atom is 0.173 e. The molecule has 1 aromatic carbocycles. The summed E-state index contributed by atoms with van der Waals surface area (Å²) in [6, 6.07) is 4.34. The van der Waals surface area contributed by atoms with Crippen LogP contribution in [0.3, 0.4) is 0 Å². The van der Waals surface area contributed by atoms with Crippen molar-refractivity contribution in [2.24, 2.45) is 5.84 Å². The van der Waals surface area contributed by atoms with Crippen molar-refractivity contribution >= 4 is 11.6 Å². The summed E-state index contributed by atoms with van der Waals surface area (Å²) < 4.78 is 23.4. The molecule has 4 nitrogen and oxygen atoms in total. The van der Waals surface area contributed by atoms with Gasteiger partial charge in [0.1, 0.15) is 5.82 Å². The molecule has 1 aromatic rings. The first kappa shape index (κ1) is 14.3. The summed E-state index contributed by atoms with van der Waals surface area (Å²) in [6.07, 6.45) is -0.0320. The second-order valence-corrected chi connectivity index (χ2v) is 3.97. The number of nitrogens with one attached hydrogen (secondary N) is 1. The molecule has 0 heterocycles. The minimum atomic E-state index is -0.501. The zero-order valence-electron chi connectivity index (χ0n) is 9.74. The minimum absolute atomic E-state index is 0.0982. The molecule has 0 aliphatic carbocycles. The van der Waals surface area contributed by atoms with Crippen LogP contribution in [-0.2, 0) is 15.9 Å². The Morgan fingerprint density at radius 1 is 1.41 bits per heavy atom. The smallest absolute Gasteiger partial charge is 0.173 e. The third-order valence-electron chi connectivity index (χ3n) is 2.45. The Hall–Kier alpha value is -0.720. The molecular formula is C11H16ClFN2O2. The van der Waals surface area contributed by atoms with Crippen molar-refractivity contribution in [3.63, 3.8) is 0 Å². The van der Waals surface area contributed by atoms with Crippen LogP contribution >= 0.6 is 11.6 Å². The maximum absolute atomic E-state index is 13.3. The van der Waals surface area contributed by atoms with Gasteiger partial charge >= 0.3 is 0 Å². The fourth-order valence-corrected chi connectivity index (χ4v) is 1.70. The molecule has 1 rings (SSSR count). The van der Waals surface area contributed by atoms with Gasteiger partial charge in [-0.2, -0.15) is 0 Å². The largest absolute Gasteiger partial charge is 0.354 e. The lowest BCUT2D eigenvalue weighted by Crippen LogP contribution is -2.47. The molecule has 17 heavy (non-hydrogen) atoms. The molecule has 3 N–H and O–H groups in total. The van der Waals surface area contributed by atoms with E-state index in [0.29, 0.717) is 6.42 Å². The van der Waals surface area contributed by atoms with E-state index in [-0.39, 0.29) is 11.1 Å². The van der Waals surface area contributed by atoms with Gasteiger partial charge in [0.15, 0.2) is 6.29 Å². The summed E-state index contributed by atoms with van der Waals surface area (Å²) in [5.41, 5.74) is 3.34. The lowest BCUT2D eigenvalue weighted by atomic mass is 10.1. The molecule has 0 radical (unpaired) electrons. The van der Waals surface area contributed by atoms with Crippen molar-refractivity contribution in [3.05, 3.63) is 34.6 Å². The standard InChI is InChI=1S/C11H16ClFN2O2/c1-16-11(17-2)10(15-14)6-7-3-4-8(12)9(13)5-7/h3-5,10-11,15H,6,14H2,1-2H3. The molecule has 0 saturated heterocycles. The van der Waals surface area contributed by atoms with E-state index in [2.05, 4.69) is 5.43 Å². The molecule has 96 valence electrons. The number of halogens is 2.